The van der Waals surface area contributed by atoms with Crippen LogP contribution < -0.4 is 5.32 Å². The van der Waals surface area contributed by atoms with Crippen molar-refractivity contribution in [2.24, 2.45) is 5.92 Å². The molecule has 0 fully saturated rings. The summed E-state index contributed by atoms with van der Waals surface area (Å²) in [5, 5.41) is 22.8. The summed E-state index contributed by atoms with van der Waals surface area (Å²) in [4.78, 5) is 12.0. The zero-order chi connectivity index (χ0) is 13.8. The third kappa shape index (κ3) is 3.21. The summed E-state index contributed by atoms with van der Waals surface area (Å²) in [5.74, 6) is -0.0741. The van der Waals surface area contributed by atoms with E-state index >= 15 is 0 Å². The summed E-state index contributed by atoms with van der Waals surface area (Å²) in [5.41, 5.74) is 2.14. The number of H-pyrrole nitrogens is 1. The van der Waals surface area contributed by atoms with E-state index in [1.807, 2.05) is 30.7 Å². The number of nitrogens with one attached hydrogen (secondary N) is 2. The zero-order valence-electron chi connectivity index (χ0n) is 10.9. The number of amides is 1. The van der Waals surface area contributed by atoms with Crippen LogP contribution in [0, 0.1) is 5.92 Å². The second-order valence-corrected chi connectivity index (χ2v) is 5.47. The van der Waals surface area contributed by atoms with Gasteiger partial charge >= 0.3 is 0 Å². The fourth-order valence-electron chi connectivity index (χ4n) is 1.67. The van der Waals surface area contributed by atoms with E-state index in [1.54, 1.807) is 17.4 Å². The standard InChI is InChI=1S/C13H17N3O2S/c1-8(2)12(6-17)14-13(18)11-5-10(15-16-11)9-3-4-19-7-9/h3-5,7-8,12,17H,6H2,1-2H3,(H,14,18)(H,15,16). The van der Waals surface area contributed by atoms with E-state index in [0.717, 1.165) is 11.3 Å². The molecule has 2 aromatic rings. The number of hydrogen-bond acceptors (Lipinski definition) is 4. The van der Waals surface area contributed by atoms with E-state index in [1.165, 1.54) is 0 Å². The molecule has 0 spiro atoms. The molecule has 0 radical (unpaired) electrons. The van der Waals surface area contributed by atoms with Gasteiger partial charge in [0.2, 0.25) is 0 Å². The Morgan fingerprint density at radius 2 is 2.37 bits per heavy atom. The summed E-state index contributed by atoms with van der Waals surface area (Å²) >= 11 is 1.58. The van der Waals surface area contributed by atoms with Crippen LogP contribution in [-0.2, 0) is 0 Å². The van der Waals surface area contributed by atoms with Crippen molar-refractivity contribution in [1.29, 1.82) is 0 Å². The number of nitrogens with zero attached hydrogens (tertiary/aromatic N) is 1. The lowest BCUT2D eigenvalue weighted by Crippen LogP contribution is -2.41. The van der Waals surface area contributed by atoms with E-state index in [4.69, 9.17) is 0 Å². The fourth-order valence-corrected chi connectivity index (χ4v) is 2.32. The van der Waals surface area contributed by atoms with Gasteiger partial charge in [-0.2, -0.15) is 16.4 Å². The molecule has 0 aliphatic carbocycles. The highest BCUT2D eigenvalue weighted by atomic mass is 32.1. The lowest BCUT2D eigenvalue weighted by atomic mass is 10.1. The van der Waals surface area contributed by atoms with Gasteiger partial charge in [-0.3, -0.25) is 9.89 Å². The molecule has 0 aliphatic heterocycles. The van der Waals surface area contributed by atoms with Gasteiger partial charge in [0.1, 0.15) is 5.69 Å². The molecule has 0 aliphatic rings. The average molecular weight is 279 g/mol. The SMILES string of the molecule is CC(C)C(CO)NC(=O)c1cc(-c2ccsc2)n[nH]1. The van der Waals surface area contributed by atoms with E-state index in [0.29, 0.717) is 5.69 Å². The molecule has 1 amide bonds. The minimum atomic E-state index is -0.250. The van der Waals surface area contributed by atoms with Crippen LogP contribution in [0.1, 0.15) is 24.3 Å². The van der Waals surface area contributed by atoms with Crippen molar-refractivity contribution < 1.29 is 9.90 Å². The average Bonchev–Trinajstić information content (AvgIpc) is 3.04. The minimum absolute atomic E-state index is 0.0745. The van der Waals surface area contributed by atoms with Crippen molar-refractivity contribution in [3.05, 3.63) is 28.6 Å². The Labute approximate surface area is 115 Å². The van der Waals surface area contributed by atoms with Gasteiger partial charge in [0.05, 0.1) is 18.3 Å². The highest BCUT2D eigenvalue weighted by molar-refractivity contribution is 7.08. The number of carbonyl (C=O) groups excluding carboxylic acids is 1. The first-order valence-electron chi connectivity index (χ1n) is 6.11. The topological polar surface area (TPSA) is 78.0 Å². The molecule has 102 valence electrons. The van der Waals surface area contributed by atoms with Crippen molar-refractivity contribution in [2.75, 3.05) is 6.61 Å². The summed E-state index contributed by atoms with van der Waals surface area (Å²) in [6.45, 7) is 3.82. The van der Waals surface area contributed by atoms with Gasteiger partial charge in [0.25, 0.3) is 5.91 Å². The monoisotopic (exact) mass is 279 g/mol. The number of rotatable bonds is 5. The van der Waals surface area contributed by atoms with Crippen molar-refractivity contribution in [3.63, 3.8) is 0 Å². The molecule has 1 atom stereocenters. The molecule has 0 saturated heterocycles. The van der Waals surface area contributed by atoms with Gasteiger partial charge < -0.3 is 10.4 Å². The van der Waals surface area contributed by atoms with E-state index < -0.39 is 0 Å². The predicted octanol–water partition coefficient (Wildman–Crippen LogP) is 1.88. The lowest BCUT2D eigenvalue weighted by Gasteiger charge is -2.19. The first-order chi connectivity index (χ1) is 9.11. The van der Waals surface area contributed by atoms with Crippen LogP contribution in [0.25, 0.3) is 11.3 Å². The summed E-state index contributed by atoms with van der Waals surface area (Å²) in [6, 6.07) is 3.42. The maximum atomic E-state index is 12.0. The largest absolute Gasteiger partial charge is 0.394 e. The normalized spacial score (nSPS) is 12.6. The number of aliphatic hydroxyl groups excluding tert-OH is 1. The van der Waals surface area contributed by atoms with Crippen molar-refractivity contribution >= 4 is 17.2 Å². The van der Waals surface area contributed by atoms with Crippen LogP contribution in [0.2, 0.25) is 0 Å². The molecule has 2 aromatic heterocycles. The minimum Gasteiger partial charge on any atom is -0.394 e. The van der Waals surface area contributed by atoms with Gasteiger partial charge in [0.15, 0.2) is 0 Å². The highest BCUT2D eigenvalue weighted by Crippen LogP contribution is 2.20. The molecular weight excluding hydrogens is 262 g/mol. The third-order valence-corrected chi connectivity index (χ3v) is 3.64. The smallest absolute Gasteiger partial charge is 0.269 e. The highest BCUT2D eigenvalue weighted by Gasteiger charge is 2.18. The molecule has 3 N–H and O–H groups in total. The Hall–Kier alpha value is -1.66. The van der Waals surface area contributed by atoms with Gasteiger partial charge in [0, 0.05) is 10.9 Å². The zero-order valence-corrected chi connectivity index (χ0v) is 11.7. The van der Waals surface area contributed by atoms with Crippen LogP contribution in [-0.4, -0.2) is 33.9 Å². The molecule has 0 saturated carbocycles. The molecule has 1 unspecified atom stereocenters. The third-order valence-electron chi connectivity index (χ3n) is 2.96. The Morgan fingerprint density at radius 1 is 1.58 bits per heavy atom. The molecule has 6 heteroatoms. The van der Waals surface area contributed by atoms with Crippen LogP contribution >= 0.6 is 11.3 Å². The Morgan fingerprint density at radius 3 is 2.95 bits per heavy atom. The van der Waals surface area contributed by atoms with Gasteiger partial charge in [-0.25, -0.2) is 0 Å². The molecular formula is C13H17N3O2S. The number of thiophene rings is 1. The predicted molar refractivity (Wildman–Crippen MR) is 75.1 cm³/mol. The van der Waals surface area contributed by atoms with Gasteiger partial charge in [-0.1, -0.05) is 13.8 Å². The number of aromatic nitrogens is 2. The molecule has 2 rings (SSSR count). The van der Waals surface area contributed by atoms with Gasteiger partial charge in [-0.15, -0.1) is 0 Å². The molecule has 5 nitrogen and oxygen atoms in total. The Kier molecular flexibility index (Phi) is 4.34. The number of aliphatic hydroxyl groups is 1. The lowest BCUT2D eigenvalue weighted by molar-refractivity contribution is 0.0892. The maximum Gasteiger partial charge on any atom is 0.269 e. The summed E-state index contributed by atoms with van der Waals surface area (Å²) in [6.07, 6.45) is 0. The molecule has 0 bridgehead atoms. The summed E-state index contributed by atoms with van der Waals surface area (Å²) in [7, 11) is 0. The van der Waals surface area contributed by atoms with Crippen molar-refractivity contribution in [1.82, 2.24) is 15.5 Å². The van der Waals surface area contributed by atoms with Crippen LogP contribution in [0.15, 0.2) is 22.9 Å². The van der Waals surface area contributed by atoms with Crippen molar-refractivity contribution in [2.45, 2.75) is 19.9 Å². The number of hydrogen-bond donors (Lipinski definition) is 3. The quantitative estimate of drug-likeness (QED) is 0.782. The second-order valence-electron chi connectivity index (χ2n) is 4.69. The second kappa shape index (κ2) is 5.99. The first kappa shape index (κ1) is 13.8. The van der Waals surface area contributed by atoms with Crippen LogP contribution in [0.3, 0.4) is 0 Å². The molecule has 19 heavy (non-hydrogen) atoms. The van der Waals surface area contributed by atoms with Crippen LogP contribution in [0.5, 0.6) is 0 Å². The Bertz CT molecular complexity index is 534. The van der Waals surface area contributed by atoms with E-state index in [2.05, 4.69) is 15.5 Å². The molecule has 2 heterocycles. The van der Waals surface area contributed by atoms with E-state index in [9.17, 15) is 9.90 Å². The maximum absolute atomic E-state index is 12.0. The number of aromatic amines is 1. The van der Waals surface area contributed by atoms with E-state index in [-0.39, 0.29) is 24.5 Å². The Balaban J connectivity index is 2.08. The van der Waals surface area contributed by atoms with Gasteiger partial charge in [-0.05, 0) is 23.4 Å². The van der Waals surface area contributed by atoms with Crippen molar-refractivity contribution in [3.8, 4) is 11.3 Å². The van der Waals surface area contributed by atoms with Crippen LogP contribution in [0.4, 0.5) is 0 Å². The fraction of sp³-hybridized carbons (Fsp3) is 0.385. The number of carbonyl (C=O) groups is 1. The molecule has 0 aromatic carbocycles. The first-order valence-corrected chi connectivity index (χ1v) is 7.05. The summed E-state index contributed by atoms with van der Waals surface area (Å²) < 4.78 is 0.